The number of fused-ring (bicyclic) bond motifs is 5. The SMILES string of the molecule is C[C@@]12CCC[C@H]1[C@@H]1CCc3ccc(OC(=O)c4ccccc4)cc3[C@H]1CC2. The molecule has 140 valence electrons. The van der Waals surface area contributed by atoms with E-state index in [4.69, 9.17) is 4.74 Å². The fraction of sp³-hybridized carbons (Fsp3) is 0.480. The zero-order chi connectivity index (χ0) is 18.4. The van der Waals surface area contributed by atoms with Gasteiger partial charge in [0.25, 0.3) is 0 Å². The molecule has 3 aliphatic rings. The molecule has 0 bridgehead atoms. The molecule has 0 radical (unpaired) electrons. The van der Waals surface area contributed by atoms with Gasteiger partial charge in [0.2, 0.25) is 0 Å². The van der Waals surface area contributed by atoms with Crippen LogP contribution in [-0.4, -0.2) is 5.97 Å². The quantitative estimate of drug-likeness (QED) is 0.474. The number of hydrogen-bond donors (Lipinski definition) is 0. The van der Waals surface area contributed by atoms with E-state index in [9.17, 15) is 4.79 Å². The first kappa shape index (κ1) is 17.0. The molecule has 0 spiro atoms. The second kappa shape index (κ2) is 6.51. The summed E-state index contributed by atoms with van der Waals surface area (Å²) in [5, 5.41) is 0. The number of esters is 1. The maximum absolute atomic E-state index is 12.4. The lowest BCUT2D eigenvalue weighted by molar-refractivity contribution is 0.0596. The van der Waals surface area contributed by atoms with Crippen LogP contribution in [0.15, 0.2) is 48.5 Å². The minimum Gasteiger partial charge on any atom is -0.423 e. The van der Waals surface area contributed by atoms with E-state index < -0.39 is 0 Å². The van der Waals surface area contributed by atoms with Crippen molar-refractivity contribution in [2.75, 3.05) is 0 Å². The number of rotatable bonds is 2. The Labute approximate surface area is 161 Å². The van der Waals surface area contributed by atoms with Crippen LogP contribution in [0.2, 0.25) is 0 Å². The van der Waals surface area contributed by atoms with Gasteiger partial charge >= 0.3 is 5.97 Å². The first-order valence-corrected chi connectivity index (χ1v) is 10.5. The predicted octanol–water partition coefficient (Wildman–Crippen LogP) is 6.15. The molecule has 0 unspecified atom stereocenters. The molecule has 2 aromatic rings. The third kappa shape index (κ3) is 2.90. The summed E-state index contributed by atoms with van der Waals surface area (Å²) in [6.45, 7) is 2.54. The molecule has 0 heterocycles. The largest absolute Gasteiger partial charge is 0.423 e. The van der Waals surface area contributed by atoms with Gasteiger partial charge in [0.15, 0.2) is 0 Å². The Morgan fingerprint density at radius 1 is 1.04 bits per heavy atom. The van der Waals surface area contributed by atoms with E-state index in [2.05, 4.69) is 19.1 Å². The van der Waals surface area contributed by atoms with Gasteiger partial charge in [0.05, 0.1) is 5.56 Å². The third-order valence-corrected chi connectivity index (χ3v) is 7.70. The molecule has 0 amide bonds. The molecule has 4 atom stereocenters. The summed E-state index contributed by atoms with van der Waals surface area (Å²) in [5.41, 5.74) is 4.11. The van der Waals surface area contributed by atoms with E-state index in [0.29, 0.717) is 22.6 Å². The molecule has 3 aliphatic carbocycles. The highest BCUT2D eigenvalue weighted by molar-refractivity contribution is 5.91. The van der Waals surface area contributed by atoms with Gasteiger partial charge in [-0.25, -0.2) is 4.79 Å². The molecule has 2 nitrogen and oxygen atoms in total. The molecule has 2 aromatic carbocycles. The highest BCUT2D eigenvalue weighted by atomic mass is 16.5. The molecule has 0 aliphatic heterocycles. The Bertz CT molecular complexity index is 856. The zero-order valence-electron chi connectivity index (χ0n) is 16.1. The van der Waals surface area contributed by atoms with Crippen molar-refractivity contribution in [1.29, 1.82) is 0 Å². The maximum Gasteiger partial charge on any atom is 0.343 e. The average molecular weight is 360 g/mol. The number of benzene rings is 2. The van der Waals surface area contributed by atoms with Gasteiger partial charge in [-0.3, -0.25) is 0 Å². The molecule has 5 rings (SSSR count). The van der Waals surface area contributed by atoms with Crippen molar-refractivity contribution in [3.63, 3.8) is 0 Å². The summed E-state index contributed by atoms with van der Waals surface area (Å²) < 4.78 is 5.71. The van der Waals surface area contributed by atoms with E-state index in [1.807, 2.05) is 24.3 Å². The lowest BCUT2D eigenvalue weighted by atomic mass is 9.56. The summed E-state index contributed by atoms with van der Waals surface area (Å²) in [5.74, 6) is 2.79. The number of ether oxygens (including phenoxy) is 1. The molecule has 27 heavy (non-hydrogen) atoms. The minimum absolute atomic E-state index is 0.269. The van der Waals surface area contributed by atoms with Crippen LogP contribution < -0.4 is 4.74 Å². The molecule has 0 aromatic heterocycles. The molecule has 2 heteroatoms. The summed E-state index contributed by atoms with van der Waals surface area (Å²) >= 11 is 0. The standard InChI is InChI=1S/C25H28O2/c1-25-14-5-8-23(25)21-12-10-17-9-11-19(16-22(17)20(21)13-15-25)27-24(26)18-6-3-2-4-7-18/h2-4,6-7,9,11,16,20-21,23H,5,8,10,12-15H2,1H3/t20-,21+,23-,25-/m0/s1. The number of aryl methyl sites for hydroxylation is 1. The van der Waals surface area contributed by atoms with Gasteiger partial charge < -0.3 is 4.74 Å². The van der Waals surface area contributed by atoms with E-state index in [1.165, 1.54) is 56.1 Å². The fourth-order valence-corrected chi connectivity index (χ4v) is 6.34. The smallest absolute Gasteiger partial charge is 0.343 e. The summed E-state index contributed by atoms with van der Waals surface area (Å²) in [6, 6.07) is 15.6. The van der Waals surface area contributed by atoms with Crippen LogP contribution in [0, 0.1) is 17.3 Å². The number of hydrogen-bond acceptors (Lipinski definition) is 2. The van der Waals surface area contributed by atoms with Crippen LogP contribution in [0.3, 0.4) is 0 Å². The van der Waals surface area contributed by atoms with Gasteiger partial charge in [0.1, 0.15) is 5.75 Å². The predicted molar refractivity (Wildman–Crippen MR) is 107 cm³/mol. The van der Waals surface area contributed by atoms with Crippen LogP contribution in [0.4, 0.5) is 0 Å². The Balaban J connectivity index is 1.41. The van der Waals surface area contributed by atoms with Gasteiger partial charge in [0, 0.05) is 0 Å². The Morgan fingerprint density at radius 2 is 1.89 bits per heavy atom. The van der Waals surface area contributed by atoms with Crippen LogP contribution in [-0.2, 0) is 6.42 Å². The molecular formula is C25H28O2. The second-order valence-corrected chi connectivity index (χ2v) is 9.12. The number of carbonyl (C=O) groups excluding carboxylic acids is 1. The Morgan fingerprint density at radius 3 is 2.74 bits per heavy atom. The molecule has 2 fully saturated rings. The summed E-state index contributed by atoms with van der Waals surface area (Å²) in [4.78, 5) is 12.4. The van der Waals surface area contributed by atoms with Gasteiger partial charge in [-0.15, -0.1) is 0 Å². The van der Waals surface area contributed by atoms with Crippen LogP contribution in [0.1, 0.15) is 72.9 Å². The van der Waals surface area contributed by atoms with Gasteiger partial charge in [-0.1, -0.05) is 37.6 Å². The minimum atomic E-state index is -0.269. The van der Waals surface area contributed by atoms with Crippen molar-refractivity contribution in [2.45, 2.75) is 57.8 Å². The van der Waals surface area contributed by atoms with Crippen molar-refractivity contribution in [2.24, 2.45) is 17.3 Å². The van der Waals surface area contributed by atoms with E-state index in [0.717, 1.165) is 11.8 Å². The van der Waals surface area contributed by atoms with Crippen molar-refractivity contribution >= 4 is 5.97 Å². The van der Waals surface area contributed by atoms with Crippen LogP contribution in [0.5, 0.6) is 5.75 Å². The summed E-state index contributed by atoms with van der Waals surface area (Å²) in [6.07, 6.45) is 9.40. The molecule has 0 saturated heterocycles. The first-order chi connectivity index (χ1) is 13.1. The van der Waals surface area contributed by atoms with E-state index >= 15 is 0 Å². The fourth-order valence-electron chi connectivity index (χ4n) is 6.34. The molecule has 2 saturated carbocycles. The maximum atomic E-state index is 12.4. The van der Waals surface area contributed by atoms with Gasteiger partial charge in [-0.2, -0.15) is 0 Å². The van der Waals surface area contributed by atoms with E-state index in [-0.39, 0.29) is 5.97 Å². The lowest BCUT2D eigenvalue weighted by Gasteiger charge is -2.49. The molecule has 0 N–H and O–H groups in total. The summed E-state index contributed by atoms with van der Waals surface area (Å²) in [7, 11) is 0. The lowest BCUT2D eigenvalue weighted by Crippen LogP contribution is -2.39. The second-order valence-electron chi connectivity index (χ2n) is 9.12. The van der Waals surface area contributed by atoms with Crippen LogP contribution >= 0.6 is 0 Å². The van der Waals surface area contributed by atoms with Crippen molar-refractivity contribution in [3.05, 3.63) is 65.2 Å². The van der Waals surface area contributed by atoms with Crippen LogP contribution in [0.25, 0.3) is 0 Å². The first-order valence-electron chi connectivity index (χ1n) is 10.5. The zero-order valence-corrected chi connectivity index (χ0v) is 16.1. The monoisotopic (exact) mass is 360 g/mol. The average Bonchev–Trinajstić information content (AvgIpc) is 3.10. The highest BCUT2D eigenvalue weighted by Gasteiger charge is 2.50. The van der Waals surface area contributed by atoms with Crippen molar-refractivity contribution < 1.29 is 9.53 Å². The van der Waals surface area contributed by atoms with Gasteiger partial charge in [-0.05, 0) is 97.1 Å². The third-order valence-electron chi connectivity index (χ3n) is 7.70. The number of carbonyl (C=O) groups is 1. The van der Waals surface area contributed by atoms with Crippen molar-refractivity contribution in [3.8, 4) is 5.75 Å². The van der Waals surface area contributed by atoms with Crippen molar-refractivity contribution in [1.82, 2.24) is 0 Å². The molecular weight excluding hydrogens is 332 g/mol. The Kier molecular flexibility index (Phi) is 4.11. The topological polar surface area (TPSA) is 26.3 Å². The highest BCUT2D eigenvalue weighted by Crippen LogP contribution is 2.60. The Hall–Kier alpha value is -2.09. The van der Waals surface area contributed by atoms with E-state index in [1.54, 1.807) is 12.1 Å². The normalized spacial score (nSPS) is 31.5.